The molecule has 3 heterocycles. The van der Waals surface area contributed by atoms with E-state index in [-0.39, 0.29) is 12.4 Å². The van der Waals surface area contributed by atoms with E-state index in [2.05, 4.69) is 25.7 Å². The minimum atomic E-state index is 0. The Balaban J connectivity index is 0.000000963. The third-order valence-electron chi connectivity index (χ3n) is 2.34. The van der Waals surface area contributed by atoms with E-state index in [1.54, 1.807) is 6.92 Å². The predicted octanol–water partition coefficient (Wildman–Crippen LogP) is 0.162. The molecule has 0 amide bonds. The Hall–Kier alpha value is -1.47. The molecule has 0 spiro atoms. The van der Waals surface area contributed by atoms with Gasteiger partial charge >= 0.3 is 0 Å². The normalized spacial score (nSPS) is 14.3. The fourth-order valence-corrected chi connectivity index (χ4v) is 1.64. The largest absolute Gasteiger partial charge is 0.330 e. The summed E-state index contributed by atoms with van der Waals surface area (Å²) in [6.45, 7) is 4.26. The summed E-state index contributed by atoms with van der Waals surface area (Å²) in [5.74, 6) is 2.61. The number of fused-ring (bicyclic) bond motifs is 1. The van der Waals surface area contributed by atoms with E-state index in [0.717, 1.165) is 25.5 Å². The van der Waals surface area contributed by atoms with Gasteiger partial charge in [-0.15, -0.1) is 22.6 Å². The topological polar surface area (TPSA) is 81.7 Å². The molecular weight excluding hydrogens is 232 g/mol. The maximum atomic E-state index is 5.07. The highest BCUT2D eigenvalue weighted by Gasteiger charge is 2.20. The summed E-state index contributed by atoms with van der Waals surface area (Å²) >= 11 is 0. The van der Waals surface area contributed by atoms with Crippen molar-refractivity contribution in [3.8, 4) is 11.7 Å². The van der Waals surface area contributed by atoms with Crippen molar-refractivity contribution in [1.82, 2.24) is 30.2 Å². The van der Waals surface area contributed by atoms with Crippen molar-refractivity contribution in [2.45, 2.75) is 20.0 Å². The third-order valence-corrected chi connectivity index (χ3v) is 2.34. The van der Waals surface area contributed by atoms with Gasteiger partial charge in [0.05, 0.1) is 6.54 Å². The first-order valence-electron chi connectivity index (χ1n) is 4.78. The van der Waals surface area contributed by atoms with Crippen LogP contribution in [0.5, 0.6) is 0 Å². The summed E-state index contributed by atoms with van der Waals surface area (Å²) in [6.07, 6.45) is 0. The van der Waals surface area contributed by atoms with Crippen LogP contribution in [0.15, 0.2) is 4.52 Å². The third kappa shape index (κ3) is 1.68. The highest BCUT2D eigenvalue weighted by Crippen LogP contribution is 2.17. The van der Waals surface area contributed by atoms with Crippen LogP contribution in [0.2, 0.25) is 0 Å². The van der Waals surface area contributed by atoms with E-state index < -0.39 is 0 Å². The lowest BCUT2D eigenvalue weighted by molar-refractivity contribution is 0.417. The molecule has 86 valence electrons. The zero-order chi connectivity index (χ0) is 10.3. The lowest BCUT2D eigenvalue weighted by Gasteiger charge is -2.14. The maximum absolute atomic E-state index is 5.07. The first-order chi connectivity index (χ1) is 7.34. The molecule has 1 aliphatic rings. The van der Waals surface area contributed by atoms with Gasteiger partial charge in [0, 0.05) is 13.1 Å². The van der Waals surface area contributed by atoms with Crippen LogP contribution in [-0.4, -0.2) is 31.4 Å². The fraction of sp³-hybridized carbons (Fsp3) is 0.500. The molecule has 7 nitrogen and oxygen atoms in total. The van der Waals surface area contributed by atoms with E-state index >= 15 is 0 Å². The highest BCUT2D eigenvalue weighted by molar-refractivity contribution is 5.85. The molecule has 0 radical (unpaired) electrons. The average Bonchev–Trinajstić information content (AvgIpc) is 2.83. The van der Waals surface area contributed by atoms with Crippen molar-refractivity contribution in [3.05, 3.63) is 11.6 Å². The molecule has 1 aliphatic heterocycles. The summed E-state index contributed by atoms with van der Waals surface area (Å²) in [6, 6.07) is 0. The van der Waals surface area contributed by atoms with Gasteiger partial charge in [-0.3, -0.25) is 0 Å². The van der Waals surface area contributed by atoms with E-state index in [0.29, 0.717) is 17.5 Å². The smallest absolute Gasteiger partial charge is 0.295 e. The van der Waals surface area contributed by atoms with Crippen molar-refractivity contribution < 1.29 is 4.52 Å². The molecule has 3 rings (SSSR count). The van der Waals surface area contributed by atoms with Gasteiger partial charge < -0.3 is 14.4 Å². The van der Waals surface area contributed by atoms with Crippen molar-refractivity contribution in [1.29, 1.82) is 0 Å². The van der Waals surface area contributed by atoms with Gasteiger partial charge in [0.2, 0.25) is 5.82 Å². The SMILES string of the molecule is Cc1noc(-c2nnc3n2CCNC3)n1.Cl. The molecule has 2 aromatic heterocycles. The van der Waals surface area contributed by atoms with Crippen LogP contribution >= 0.6 is 12.4 Å². The molecule has 0 aliphatic carbocycles. The van der Waals surface area contributed by atoms with Gasteiger partial charge in [0.15, 0.2) is 5.82 Å². The molecule has 0 fully saturated rings. The number of nitrogens with one attached hydrogen (secondary N) is 1. The second-order valence-electron chi connectivity index (χ2n) is 3.41. The van der Waals surface area contributed by atoms with Crippen LogP contribution in [0.3, 0.4) is 0 Å². The predicted molar refractivity (Wildman–Crippen MR) is 57.0 cm³/mol. The molecule has 8 heteroatoms. The zero-order valence-corrected chi connectivity index (χ0v) is 9.49. The summed E-state index contributed by atoms with van der Waals surface area (Å²) in [4.78, 5) is 4.14. The van der Waals surface area contributed by atoms with Gasteiger partial charge in [0.1, 0.15) is 5.82 Å². The number of rotatable bonds is 1. The van der Waals surface area contributed by atoms with E-state index in [4.69, 9.17) is 4.52 Å². The van der Waals surface area contributed by atoms with Crippen molar-refractivity contribution >= 4 is 12.4 Å². The molecule has 0 aromatic carbocycles. The molecule has 0 atom stereocenters. The summed E-state index contributed by atoms with van der Waals surface area (Å²) in [5, 5.41) is 15.1. The van der Waals surface area contributed by atoms with Gasteiger partial charge in [-0.2, -0.15) is 4.98 Å². The lowest BCUT2D eigenvalue weighted by atomic mass is 10.4. The first kappa shape index (κ1) is 11.0. The average molecular weight is 243 g/mol. The van der Waals surface area contributed by atoms with Gasteiger partial charge in [0.25, 0.3) is 5.89 Å². The molecule has 2 aromatic rings. The Bertz CT molecular complexity index is 492. The summed E-state index contributed by atoms with van der Waals surface area (Å²) in [7, 11) is 0. The van der Waals surface area contributed by atoms with E-state index in [9.17, 15) is 0 Å². The highest BCUT2D eigenvalue weighted by atomic mass is 35.5. The van der Waals surface area contributed by atoms with Crippen LogP contribution in [0.4, 0.5) is 0 Å². The van der Waals surface area contributed by atoms with Gasteiger partial charge in [-0.1, -0.05) is 5.16 Å². The number of halogens is 1. The lowest BCUT2D eigenvalue weighted by Crippen LogP contribution is -2.28. The number of aryl methyl sites for hydroxylation is 1. The van der Waals surface area contributed by atoms with Gasteiger partial charge in [-0.05, 0) is 6.92 Å². The van der Waals surface area contributed by atoms with E-state index in [1.807, 2.05) is 4.57 Å². The number of aromatic nitrogens is 5. The van der Waals surface area contributed by atoms with Crippen molar-refractivity contribution in [3.63, 3.8) is 0 Å². The quantitative estimate of drug-likeness (QED) is 0.767. The Kier molecular flexibility index (Phi) is 2.88. The molecule has 0 unspecified atom stereocenters. The minimum absolute atomic E-state index is 0. The standard InChI is InChI=1S/C8H10N6O.ClH/c1-5-10-8(15-13-5)7-12-11-6-4-9-2-3-14(6)7;/h9H,2-4H2,1H3;1H. The minimum Gasteiger partial charge on any atom is -0.330 e. The molecule has 1 N–H and O–H groups in total. The second-order valence-corrected chi connectivity index (χ2v) is 3.41. The Morgan fingerprint density at radius 2 is 2.25 bits per heavy atom. The van der Waals surface area contributed by atoms with Gasteiger partial charge in [-0.25, -0.2) is 0 Å². The molecule has 16 heavy (non-hydrogen) atoms. The van der Waals surface area contributed by atoms with Crippen LogP contribution in [-0.2, 0) is 13.1 Å². The molecule has 0 saturated carbocycles. The van der Waals surface area contributed by atoms with Crippen molar-refractivity contribution in [2.24, 2.45) is 0 Å². The Labute approximate surface area is 97.7 Å². The Morgan fingerprint density at radius 3 is 3.00 bits per heavy atom. The zero-order valence-electron chi connectivity index (χ0n) is 8.67. The second kappa shape index (κ2) is 4.18. The monoisotopic (exact) mass is 242 g/mol. The van der Waals surface area contributed by atoms with Crippen LogP contribution in [0.1, 0.15) is 11.6 Å². The number of hydrogen-bond donors (Lipinski definition) is 1. The van der Waals surface area contributed by atoms with E-state index in [1.165, 1.54) is 0 Å². The number of nitrogens with zero attached hydrogens (tertiary/aromatic N) is 5. The number of hydrogen-bond acceptors (Lipinski definition) is 6. The molecule has 0 saturated heterocycles. The maximum Gasteiger partial charge on any atom is 0.295 e. The summed E-state index contributed by atoms with van der Waals surface area (Å²) < 4.78 is 7.07. The fourth-order valence-electron chi connectivity index (χ4n) is 1.64. The van der Waals surface area contributed by atoms with Crippen LogP contribution in [0.25, 0.3) is 11.7 Å². The summed E-state index contributed by atoms with van der Waals surface area (Å²) in [5.41, 5.74) is 0. The molecule has 0 bridgehead atoms. The van der Waals surface area contributed by atoms with Crippen LogP contribution in [0, 0.1) is 6.92 Å². The van der Waals surface area contributed by atoms with Crippen LogP contribution < -0.4 is 5.32 Å². The molecular formula is C8H11ClN6O. The first-order valence-corrected chi connectivity index (χ1v) is 4.78. The van der Waals surface area contributed by atoms with Crippen molar-refractivity contribution in [2.75, 3.05) is 6.54 Å². The Morgan fingerprint density at radius 1 is 1.38 bits per heavy atom.